The minimum absolute atomic E-state index is 0.101. The highest BCUT2D eigenvalue weighted by Gasteiger charge is 2.29. The molecule has 0 aliphatic heterocycles. The Balaban J connectivity index is 2.28. The Labute approximate surface area is 166 Å². The van der Waals surface area contributed by atoms with Crippen LogP contribution in [0.5, 0.6) is 0 Å². The number of carbonyl (C=O) groups excluding carboxylic acids is 2. The number of hydrogen-bond acceptors (Lipinski definition) is 2. The molecule has 0 saturated heterocycles. The number of halogens is 1. The van der Waals surface area contributed by atoms with Crippen molar-refractivity contribution in [3.8, 4) is 0 Å². The minimum atomic E-state index is -0.614. The van der Waals surface area contributed by atoms with Crippen LogP contribution in [-0.2, 0) is 22.6 Å². The molecule has 1 N–H and O–H groups in total. The van der Waals surface area contributed by atoms with Crippen LogP contribution in [0, 0.1) is 5.82 Å². The summed E-state index contributed by atoms with van der Waals surface area (Å²) in [6.07, 6.45) is 2.61. The molecule has 150 valence electrons. The number of nitrogens with zero attached hydrogens (tertiary/aromatic N) is 1. The van der Waals surface area contributed by atoms with Gasteiger partial charge in [-0.05, 0) is 29.7 Å². The second-order valence-electron chi connectivity index (χ2n) is 6.85. The Morgan fingerprint density at radius 1 is 1.00 bits per heavy atom. The molecule has 2 amide bonds. The maximum Gasteiger partial charge on any atom is 0.243 e. The summed E-state index contributed by atoms with van der Waals surface area (Å²) in [6, 6.07) is 15.1. The Kier molecular flexibility index (Phi) is 8.66. The first-order valence-electron chi connectivity index (χ1n) is 9.90. The van der Waals surface area contributed by atoms with Crippen molar-refractivity contribution in [1.82, 2.24) is 10.2 Å². The highest BCUT2D eigenvalue weighted by Crippen LogP contribution is 2.16. The average Bonchev–Trinajstić information content (AvgIpc) is 2.72. The first-order chi connectivity index (χ1) is 13.5. The normalized spacial score (nSPS) is 11.7. The van der Waals surface area contributed by atoms with Crippen LogP contribution in [-0.4, -0.2) is 29.3 Å². The molecule has 0 unspecified atom stereocenters. The molecule has 1 atom stereocenters. The lowest BCUT2D eigenvalue weighted by Gasteiger charge is -2.31. The smallest absolute Gasteiger partial charge is 0.243 e. The quantitative estimate of drug-likeness (QED) is 0.627. The maximum atomic E-state index is 13.3. The molecule has 0 aliphatic rings. The molecule has 0 fully saturated rings. The van der Waals surface area contributed by atoms with Crippen molar-refractivity contribution in [1.29, 1.82) is 0 Å². The first kappa shape index (κ1) is 21.6. The van der Waals surface area contributed by atoms with Gasteiger partial charge < -0.3 is 10.2 Å². The van der Waals surface area contributed by atoms with E-state index in [1.165, 1.54) is 12.1 Å². The summed E-state index contributed by atoms with van der Waals surface area (Å²) in [6.45, 7) is 4.71. The van der Waals surface area contributed by atoms with Gasteiger partial charge in [-0.3, -0.25) is 9.59 Å². The fraction of sp³-hybridized carbons (Fsp3) is 0.391. The number of hydrogen-bond donors (Lipinski definition) is 1. The van der Waals surface area contributed by atoms with Crippen molar-refractivity contribution in [3.63, 3.8) is 0 Å². The summed E-state index contributed by atoms with van der Waals surface area (Å²) in [4.78, 5) is 27.3. The molecule has 2 aromatic rings. The summed E-state index contributed by atoms with van der Waals surface area (Å²) < 4.78 is 13.3. The zero-order valence-corrected chi connectivity index (χ0v) is 16.7. The van der Waals surface area contributed by atoms with Gasteiger partial charge in [0.25, 0.3) is 0 Å². The molecule has 0 radical (unpaired) electrons. The minimum Gasteiger partial charge on any atom is -0.354 e. The van der Waals surface area contributed by atoms with Crippen molar-refractivity contribution in [2.24, 2.45) is 0 Å². The molecule has 2 aromatic carbocycles. The van der Waals surface area contributed by atoms with Gasteiger partial charge in [0.2, 0.25) is 11.8 Å². The van der Waals surface area contributed by atoms with E-state index in [9.17, 15) is 14.0 Å². The number of amides is 2. The predicted molar refractivity (Wildman–Crippen MR) is 109 cm³/mol. The van der Waals surface area contributed by atoms with Gasteiger partial charge in [0.1, 0.15) is 11.9 Å². The summed E-state index contributed by atoms with van der Waals surface area (Å²) in [5.41, 5.74) is 1.79. The Morgan fingerprint density at radius 3 is 2.29 bits per heavy atom. The van der Waals surface area contributed by atoms with Crippen molar-refractivity contribution >= 4 is 11.8 Å². The molecule has 0 saturated carbocycles. The molecular formula is C23H29FN2O2. The number of nitrogens with one attached hydrogen (secondary N) is 1. The van der Waals surface area contributed by atoms with Crippen LogP contribution < -0.4 is 5.32 Å². The molecule has 0 heterocycles. The molecule has 2 rings (SSSR count). The fourth-order valence-corrected chi connectivity index (χ4v) is 3.05. The van der Waals surface area contributed by atoms with E-state index >= 15 is 0 Å². The number of carbonyl (C=O) groups is 2. The lowest BCUT2D eigenvalue weighted by atomic mass is 10.0. The molecule has 28 heavy (non-hydrogen) atoms. The van der Waals surface area contributed by atoms with Gasteiger partial charge in [-0.2, -0.15) is 0 Å². The molecule has 0 bridgehead atoms. The van der Waals surface area contributed by atoms with Crippen LogP contribution in [0.3, 0.4) is 0 Å². The van der Waals surface area contributed by atoms with E-state index < -0.39 is 6.04 Å². The number of unbranched alkanes of at least 4 members (excludes halogenated alkanes) is 1. The predicted octanol–water partition coefficient (Wildman–Crippen LogP) is 4.09. The number of rotatable bonds is 10. The van der Waals surface area contributed by atoms with E-state index in [-0.39, 0.29) is 24.2 Å². The third-order valence-corrected chi connectivity index (χ3v) is 4.67. The second-order valence-corrected chi connectivity index (χ2v) is 6.85. The molecular weight excluding hydrogens is 355 g/mol. The van der Waals surface area contributed by atoms with Gasteiger partial charge in [-0.15, -0.1) is 0 Å². The second kappa shape index (κ2) is 11.2. The topological polar surface area (TPSA) is 49.4 Å². The van der Waals surface area contributed by atoms with E-state index in [1.54, 1.807) is 24.0 Å². The Bertz CT molecular complexity index is 747. The van der Waals surface area contributed by atoms with Crippen LogP contribution in [0.2, 0.25) is 0 Å². The Morgan fingerprint density at radius 2 is 1.68 bits per heavy atom. The lowest BCUT2D eigenvalue weighted by molar-refractivity contribution is -0.141. The first-order valence-corrected chi connectivity index (χ1v) is 9.90. The zero-order chi connectivity index (χ0) is 20.4. The van der Waals surface area contributed by atoms with Crippen LogP contribution in [0.1, 0.15) is 44.2 Å². The van der Waals surface area contributed by atoms with E-state index in [0.717, 1.165) is 24.0 Å². The van der Waals surface area contributed by atoms with Crippen LogP contribution in [0.15, 0.2) is 54.6 Å². The van der Waals surface area contributed by atoms with Gasteiger partial charge >= 0.3 is 0 Å². The number of benzene rings is 2. The van der Waals surface area contributed by atoms with Crippen LogP contribution in [0.4, 0.5) is 4.39 Å². The lowest BCUT2D eigenvalue weighted by Crippen LogP contribution is -2.50. The zero-order valence-electron chi connectivity index (χ0n) is 16.7. The van der Waals surface area contributed by atoms with Gasteiger partial charge in [-0.1, -0.05) is 62.7 Å². The third kappa shape index (κ3) is 6.48. The summed E-state index contributed by atoms with van der Waals surface area (Å²) in [5, 5.41) is 2.97. The van der Waals surface area contributed by atoms with Gasteiger partial charge in [0, 0.05) is 25.9 Å². The fourth-order valence-electron chi connectivity index (χ4n) is 3.05. The van der Waals surface area contributed by atoms with Gasteiger partial charge in [0.15, 0.2) is 0 Å². The summed E-state index contributed by atoms with van der Waals surface area (Å²) in [5.74, 6) is -0.577. The molecule has 0 aliphatic carbocycles. The molecule has 5 heteroatoms. The Hall–Kier alpha value is -2.69. The third-order valence-electron chi connectivity index (χ3n) is 4.67. The van der Waals surface area contributed by atoms with E-state index in [2.05, 4.69) is 12.2 Å². The highest BCUT2D eigenvalue weighted by atomic mass is 19.1. The van der Waals surface area contributed by atoms with E-state index in [4.69, 9.17) is 0 Å². The van der Waals surface area contributed by atoms with Gasteiger partial charge in [-0.25, -0.2) is 4.39 Å². The van der Waals surface area contributed by atoms with E-state index in [0.29, 0.717) is 19.4 Å². The SMILES string of the molecule is CCCCNC(=O)[C@H](Cc1ccccc1)N(Cc1ccc(F)cc1)C(=O)CC. The van der Waals surface area contributed by atoms with Crippen molar-refractivity contribution < 1.29 is 14.0 Å². The largest absolute Gasteiger partial charge is 0.354 e. The highest BCUT2D eigenvalue weighted by molar-refractivity contribution is 5.87. The van der Waals surface area contributed by atoms with Crippen molar-refractivity contribution in [2.75, 3.05) is 6.54 Å². The standard InChI is InChI=1S/C23H29FN2O2/c1-3-5-15-25-23(28)21(16-18-9-7-6-8-10-18)26(22(27)4-2)17-19-11-13-20(24)14-12-19/h6-14,21H,3-5,15-17H2,1-2H3,(H,25,28)/t21-/m0/s1. The van der Waals surface area contributed by atoms with Crippen molar-refractivity contribution in [3.05, 3.63) is 71.5 Å². The molecule has 0 spiro atoms. The summed E-state index contributed by atoms with van der Waals surface area (Å²) in [7, 11) is 0. The average molecular weight is 384 g/mol. The molecule has 0 aromatic heterocycles. The monoisotopic (exact) mass is 384 g/mol. The van der Waals surface area contributed by atoms with Crippen molar-refractivity contribution in [2.45, 2.75) is 52.1 Å². The molecule has 4 nitrogen and oxygen atoms in total. The van der Waals surface area contributed by atoms with Crippen LogP contribution in [0.25, 0.3) is 0 Å². The summed E-state index contributed by atoms with van der Waals surface area (Å²) >= 11 is 0. The maximum absolute atomic E-state index is 13.3. The van der Waals surface area contributed by atoms with Crippen LogP contribution >= 0.6 is 0 Å². The van der Waals surface area contributed by atoms with E-state index in [1.807, 2.05) is 30.3 Å². The van der Waals surface area contributed by atoms with Gasteiger partial charge in [0.05, 0.1) is 0 Å².